The van der Waals surface area contributed by atoms with Crippen molar-refractivity contribution < 1.29 is 0 Å². The SMILES string of the molecule is CCCNC1CCCC1N(C)CC1CC2CCC1C2. The molecule has 0 aromatic rings. The highest BCUT2D eigenvalue weighted by molar-refractivity contribution is 4.94. The molecule has 3 aliphatic carbocycles. The molecule has 5 unspecified atom stereocenters. The van der Waals surface area contributed by atoms with E-state index in [1.807, 2.05) is 0 Å². The van der Waals surface area contributed by atoms with Crippen LogP contribution >= 0.6 is 0 Å². The van der Waals surface area contributed by atoms with Crippen LogP contribution in [0.25, 0.3) is 0 Å². The second kappa shape index (κ2) is 6.13. The van der Waals surface area contributed by atoms with Gasteiger partial charge in [0.25, 0.3) is 0 Å². The Labute approximate surface area is 119 Å². The van der Waals surface area contributed by atoms with Gasteiger partial charge in [0.05, 0.1) is 0 Å². The fourth-order valence-corrected chi connectivity index (χ4v) is 5.14. The van der Waals surface area contributed by atoms with Gasteiger partial charge in [-0.05, 0) is 69.9 Å². The monoisotopic (exact) mass is 264 g/mol. The summed E-state index contributed by atoms with van der Waals surface area (Å²) >= 11 is 0. The Morgan fingerprint density at radius 3 is 2.68 bits per heavy atom. The highest BCUT2D eigenvalue weighted by atomic mass is 15.2. The largest absolute Gasteiger partial charge is 0.312 e. The molecule has 0 aliphatic heterocycles. The highest BCUT2D eigenvalue weighted by Gasteiger charge is 2.41. The summed E-state index contributed by atoms with van der Waals surface area (Å²) in [5, 5.41) is 3.78. The van der Waals surface area contributed by atoms with Gasteiger partial charge < -0.3 is 10.2 Å². The second-order valence-electron chi connectivity index (χ2n) is 7.43. The third kappa shape index (κ3) is 3.00. The van der Waals surface area contributed by atoms with Crippen molar-refractivity contribution in [1.82, 2.24) is 10.2 Å². The van der Waals surface area contributed by atoms with Crippen LogP contribution in [-0.4, -0.2) is 37.1 Å². The zero-order chi connectivity index (χ0) is 13.2. The van der Waals surface area contributed by atoms with Crippen LogP contribution < -0.4 is 5.32 Å². The van der Waals surface area contributed by atoms with Crippen molar-refractivity contribution in [2.75, 3.05) is 20.1 Å². The van der Waals surface area contributed by atoms with E-state index in [0.29, 0.717) is 0 Å². The molecule has 1 N–H and O–H groups in total. The standard InChI is InChI=1S/C17H32N2/c1-3-9-18-16-5-4-6-17(16)19(2)12-15-11-13-7-8-14(15)10-13/h13-18H,3-12H2,1-2H3. The number of hydrogen-bond acceptors (Lipinski definition) is 2. The lowest BCUT2D eigenvalue weighted by Crippen LogP contribution is -2.47. The number of fused-ring (bicyclic) bond motifs is 2. The number of hydrogen-bond donors (Lipinski definition) is 1. The summed E-state index contributed by atoms with van der Waals surface area (Å²) in [7, 11) is 2.39. The molecule has 2 nitrogen and oxygen atoms in total. The molecular formula is C17H32N2. The molecular weight excluding hydrogens is 232 g/mol. The molecule has 0 heterocycles. The molecule has 0 aromatic heterocycles. The van der Waals surface area contributed by atoms with E-state index in [0.717, 1.165) is 29.8 Å². The first-order valence-electron chi connectivity index (χ1n) is 8.71. The molecule has 0 radical (unpaired) electrons. The molecule has 3 aliphatic rings. The van der Waals surface area contributed by atoms with Crippen LogP contribution in [0.3, 0.4) is 0 Å². The van der Waals surface area contributed by atoms with Crippen LogP contribution in [0.5, 0.6) is 0 Å². The third-order valence-electron chi connectivity index (χ3n) is 6.11. The zero-order valence-electron chi connectivity index (χ0n) is 12.9. The van der Waals surface area contributed by atoms with Crippen LogP contribution in [0.1, 0.15) is 58.3 Å². The van der Waals surface area contributed by atoms with Gasteiger partial charge in [0.15, 0.2) is 0 Å². The second-order valence-corrected chi connectivity index (χ2v) is 7.43. The van der Waals surface area contributed by atoms with Crippen molar-refractivity contribution in [1.29, 1.82) is 0 Å². The number of rotatable bonds is 6. The topological polar surface area (TPSA) is 15.3 Å². The summed E-state index contributed by atoms with van der Waals surface area (Å²) in [6.45, 7) is 4.84. The van der Waals surface area contributed by atoms with Gasteiger partial charge in [0, 0.05) is 18.6 Å². The van der Waals surface area contributed by atoms with Gasteiger partial charge in [0.2, 0.25) is 0 Å². The summed E-state index contributed by atoms with van der Waals surface area (Å²) in [5.41, 5.74) is 0. The lowest BCUT2D eigenvalue weighted by Gasteiger charge is -2.34. The van der Waals surface area contributed by atoms with E-state index < -0.39 is 0 Å². The maximum atomic E-state index is 3.78. The zero-order valence-corrected chi connectivity index (χ0v) is 12.9. The van der Waals surface area contributed by atoms with E-state index >= 15 is 0 Å². The van der Waals surface area contributed by atoms with Crippen LogP contribution in [-0.2, 0) is 0 Å². The summed E-state index contributed by atoms with van der Waals surface area (Å²) in [6, 6.07) is 1.58. The Balaban J connectivity index is 1.50. The normalized spacial score (nSPS) is 41.5. The van der Waals surface area contributed by atoms with Gasteiger partial charge in [-0.15, -0.1) is 0 Å². The van der Waals surface area contributed by atoms with Gasteiger partial charge >= 0.3 is 0 Å². The molecule has 0 spiro atoms. The Morgan fingerprint density at radius 1 is 1.11 bits per heavy atom. The van der Waals surface area contributed by atoms with Gasteiger partial charge in [-0.2, -0.15) is 0 Å². The van der Waals surface area contributed by atoms with Gasteiger partial charge in [-0.1, -0.05) is 19.8 Å². The van der Waals surface area contributed by atoms with Crippen LogP contribution in [0.15, 0.2) is 0 Å². The smallest absolute Gasteiger partial charge is 0.0246 e. The first-order valence-corrected chi connectivity index (χ1v) is 8.71. The lowest BCUT2D eigenvalue weighted by atomic mass is 9.88. The Hall–Kier alpha value is -0.0800. The first kappa shape index (κ1) is 13.9. The molecule has 0 saturated heterocycles. The average Bonchev–Trinajstić information content (AvgIpc) is 3.11. The van der Waals surface area contributed by atoms with Crippen molar-refractivity contribution in [2.24, 2.45) is 17.8 Å². The van der Waals surface area contributed by atoms with Crippen molar-refractivity contribution in [3.8, 4) is 0 Å². The molecule has 3 fully saturated rings. The Kier molecular flexibility index (Phi) is 4.48. The number of likely N-dealkylation sites (N-methyl/N-ethyl adjacent to an activating group) is 1. The molecule has 3 saturated carbocycles. The third-order valence-corrected chi connectivity index (χ3v) is 6.11. The molecule has 2 heteroatoms. The summed E-state index contributed by atoms with van der Waals surface area (Å²) < 4.78 is 0. The molecule has 2 bridgehead atoms. The average molecular weight is 264 g/mol. The number of nitrogens with zero attached hydrogens (tertiary/aromatic N) is 1. The molecule has 19 heavy (non-hydrogen) atoms. The van der Waals surface area contributed by atoms with E-state index in [-0.39, 0.29) is 0 Å². The quantitative estimate of drug-likeness (QED) is 0.792. The van der Waals surface area contributed by atoms with Gasteiger partial charge in [-0.3, -0.25) is 0 Å². The van der Waals surface area contributed by atoms with E-state index in [4.69, 9.17) is 0 Å². The summed E-state index contributed by atoms with van der Waals surface area (Å²) in [4.78, 5) is 2.71. The van der Waals surface area contributed by atoms with Crippen molar-refractivity contribution in [3.63, 3.8) is 0 Å². The predicted molar refractivity (Wildman–Crippen MR) is 81.3 cm³/mol. The molecule has 0 aromatic carbocycles. The highest BCUT2D eigenvalue weighted by Crippen LogP contribution is 2.48. The Bertz CT molecular complexity index is 291. The molecule has 110 valence electrons. The van der Waals surface area contributed by atoms with Gasteiger partial charge in [-0.25, -0.2) is 0 Å². The van der Waals surface area contributed by atoms with Crippen molar-refractivity contribution >= 4 is 0 Å². The fraction of sp³-hybridized carbons (Fsp3) is 1.00. The predicted octanol–water partition coefficient (Wildman–Crippen LogP) is 3.28. The van der Waals surface area contributed by atoms with Crippen LogP contribution in [0.2, 0.25) is 0 Å². The van der Waals surface area contributed by atoms with Crippen molar-refractivity contribution in [2.45, 2.75) is 70.4 Å². The van der Waals surface area contributed by atoms with Crippen molar-refractivity contribution in [3.05, 3.63) is 0 Å². The van der Waals surface area contributed by atoms with Gasteiger partial charge in [0.1, 0.15) is 0 Å². The Morgan fingerprint density at radius 2 is 2.00 bits per heavy atom. The van der Waals surface area contributed by atoms with Crippen LogP contribution in [0, 0.1) is 17.8 Å². The first-order chi connectivity index (χ1) is 9.28. The maximum absolute atomic E-state index is 3.78. The maximum Gasteiger partial charge on any atom is 0.0246 e. The van der Waals surface area contributed by atoms with E-state index in [1.54, 1.807) is 6.42 Å². The van der Waals surface area contributed by atoms with E-state index in [2.05, 4.69) is 24.2 Å². The van der Waals surface area contributed by atoms with Crippen LogP contribution in [0.4, 0.5) is 0 Å². The minimum atomic E-state index is 0.767. The molecule has 3 rings (SSSR count). The molecule has 5 atom stereocenters. The van der Waals surface area contributed by atoms with E-state index in [9.17, 15) is 0 Å². The van der Waals surface area contributed by atoms with E-state index in [1.165, 1.54) is 58.0 Å². The summed E-state index contributed by atoms with van der Waals surface area (Å²) in [5.74, 6) is 3.20. The number of nitrogens with one attached hydrogen (secondary N) is 1. The summed E-state index contributed by atoms with van der Waals surface area (Å²) in [6.07, 6.45) is 11.7. The molecule has 0 amide bonds. The fourth-order valence-electron chi connectivity index (χ4n) is 5.14. The minimum absolute atomic E-state index is 0.767. The minimum Gasteiger partial charge on any atom is -0.312 e. The lowest BCUT2D eigenvalue weighted by molar-refractivity contribution is 0.156.